The topological polar surface area (TPSA) is 74.3 Å². The Hall–Kier alpha value is -1.83. The fraction of sp³-hybridized carbons (Fsp3) is 0.556. The molecule has 2 aliphatic heterocycles. The van der Waals surface area contributed by atoms with E-state index in [1.54, 1.807) is 38.1 Å². The number of hydrogen-bond acceptors (Lipinski definition) is 7. The number of nitrogens with zero attached hydrogens (tertiary/aromatic N) is 1. The first-order chi connectivity index (χ1) is 12.5. The van der Waals surface area contributed by atoms with E-state index in [0.717, 1.165) is 0 Å². The van der Waals surface area contributed by atoms with Crippen LogP contribution in [0.4, 0.5) is 5.69 Å². The second-order valence-corrected chi connectivity index (χ2v) is 6.61. The average molecular weight is 384 g/mol. The maximum atomic E-state index is 13.0. The Kier molecular flexibility index (Phi) is 5.70. The number of carbonyl (C=O) groups excluding carboxylic acids is 2. The number of halogens is 1. The van der Waals surface area contributed by atoms with Crippen molar-refractivity contribution in [3.63, 3.8) is 0 Å². The second-order valence-electron chi connectivity index (χ2n) is 6.17. The fourth-order valence-corrected chi connectivity index (χ4v) is 3.56. The van der Waals surface area contributed by atoms with Crippen molar-refractivity contribution in [3.8, 4) is 0 Å². The van der Waals surface area contributed by atoms with E-state index in [4.69, 9.17) is 30.6 Å². The van der Waals surface area contributed by atoms with Crippen LogP contribution in [0.2, 0.25) is 5.02 Å². The molecule has 2 heterocycles. The zero-order valence-electron chi connectivity index (χ0n) is 14.8. The van der Waals surface area contributed by atoms with Crippen molar-refractivity contribution in [1.82, 2.24) is 0 Å². The van der Waals surface area contributed by atoms with E-state index in [9.17, 15) is 9.59 Å². The first kappa shape index (κ1) is 18.9. The molecular formula is C18H22ClNO6. The van der Waals surface area contributed by atoms with Gasteiger partial charge in [-0.25, -0.2) is 19.5 Å². The number of hydrogen-bond donors (Lipinski definition) is 0. The second kappa shape index (κ2) is 7.82. The molecule has 2 unspecified atom stereocenters. The number of benzene rings is 1. The number of anilines is 1. The van der Waals surface area contributed by atoms with Gasteiger partial charge < -0.3 is 14.2 Å². The average Bonchev–Trinajstić information content (AvgIpc) is 3.08. The van der Waals surface area contributed by atoms with Crippen molar-refractivity contribution in [2.24, 2.45) is 5.92 Å². The Morgan fingerprint density at radius 3 is 2.58 bits per heavy atom. The van der Waals surface area contributed by atoms with Crippen molar-refractivity contribution in [3.05, 3.63) is 29.3 Å². The van der Waals surface area contributed by atoms with Crippen LogP contribution in [0.3, 0.4) is 0 Å². The lowest BCUT2D eigenvalue weighted by Crippen LogP contribution is -2.66. The van der Waals surface area contributed by atoms with Crippen molar-refractivity contribution < 1.29 is 28.6 Å². The highest BCUT2D eigenvalue weighted by Gasteiger charge is 2.61. The van der Waals surface area contributed by atoms with Gasteiger partial charge in [-0.1, -0.05) is 17.7 Å². The summed E-state index contributed by atoms with van der Waals surface area (Å²) in [5, 5.41) is 1.70. The molecule has 0 radical (unpaired) electrons. The van der Waals surface area contributed by atoms with E-state index in [-0.39, 0.29) is 25.6 Å². The molecule has 0 spiro atoms. The lowest BCUT2D eigenvalue weighted by Gasteiger charge is -2.46. The number of esters is 2. The van der Waals surface area contributed by atoms with Gasteiger partial charge in [-0.05, 0) is 38.5 Å². The summed E-state index contributed by atoms with van der Waals surface area (Å²) >= 11 is 6.10. The minimum Gasteiger partial charge on any atom is -0.464 e. The molecule has 1 aromatic rings. The molecule has 0 saturated carbocycles. The molecule has 8 heteroatoms. The number of hydroxylamine groups is 1. The standard InChI is InChI=1S/C18H22ClNO6/c1-3-23-16(21)18(17(22)24-4-2)11-12-8-9-25-15(12)26-20(18)14-7-5-6-13(19)10-14/h5-7,10,12,15H,3-4,8-9,11H2,1-2H3. The normalized spacial score (nSPS) is 24.0. The Labute approximate surface area is 157 Å². The summed E-state index contributed by atoms with van der Waals surface area (Å²) in [7, 11) is 0. The molecule has 0 amide bonds. The van der Waals surface area contributed by atoms with Gasteiger partial charge in [0.25, 0.3) is 5.54 Å². The Bertz CT molecular complexity index is 663. The van der Waals surface area contributed by atoms with Gasteiger partial charge in [0.1, 0.15) is 0 Å². The van der Waals surface area contributed by atoms with Gasteiger partial charge in [0, 0.05) is 17.4 Å². The molecule has 0 aromatic heterocycles. The summed E-state index contributed by atoms with van der Waals surface area (Å²) in [5.41, 5.74) is -1.29. The molecule has 0 bridgehead atoms. The third-order valence-electron chi connectivity index (χ3n) is 4.54. The van der Waals surface area contributed by atoms with Crippen molar-refractivity contribution >= 4 is 29.2 Å². The largest absolute Gasteiger partial charge is 0.464 e. The number of carbonyl (C=O) groups is 2. The third-order valence-corrected chi connectivity index (χ3v) is 4.77. The highest BCUT2D eigenvalue weighted by Crippen LogP contribution is 2.43. The molecule has 2 aliphatic rings. The zero-order valence-corrected chi connectivity index (χ0v) is 15.5. The lowest BCUT2D eigenvalue weighted by atomic mass is 9.83. The monoisotopic (exact) mass is 383 g/mol. The Morgan fingerprint density at radius 1 is 1.27 bits per heavy atom. The van der Waals surface area contributed by atoms with Crippen LogP contribution in [-0.2, 0) is 28.6 Å². The van der Waals surface area contributed by atoms with Crippen LogP contribution >= 0.6 is 11.6 Å². The van der Waals surface area contributed by atoms with Crippen LogP contribution in [0.25, 0.3) is 0 Å². The maximum absolute atomic E-state index is 13.0. The number of ether oxygens (including phenoxy) is 3. The van der Waals surface area contributed by atoms with E-state index in [2.05, 4.69) is 0 Å². The third kappa shape index (κ3) is 3.26. The van der Waals surface area contributed by atoms with Crippen molar-refractivity contribution in [1.29, 1.82) is 0 Å². The van der Waals surface area contributed by atoms with Crippen LogP contribution in [0.15, 0.2) is 24.3 Å². The van der Waals surface area contributed by atoms with Gasteiger partial charge >= 0.3 is 11.9 Å². The van der Waals surface area contributed by atoms with E-state index in [1.807, 2.05) is 0 Å². The van der Waals surface area contributed by atoms with E-state index < -0.39 is 23.8 Å². The van der Waals surface area contributed by atoms with Gasteiger partial charge in [0.05, 0.1) is 25.5 Å². The Balaban J connectivity index is 2.10. The number of rotatable bonds is 5. The summed E-state index contributed by atoms with van der Waals surface area (Å²) in [6.07, 6.45) is 0.335. The molecule has 0 aliphatic carbocycles. The zero-order chi connectivity index (χ0) is 18.7. The molecule has 26 heavy (non-hydrogen) atoms. The first-order valence-electron chi connectivity index (χ1n) is 8.71. The lowest BCUT2D eigenvalue weighted by molar-refractivity contribution is -0.206. The molecule has 2 fully saturated rings. The van der Waals surface area contributed by atoms with Gasteiger partial charge in [0.2, 0.25) is 0 Å². The highest BCUT2D eigenvalue weighted by molar-refractivity contribution is 6.30. The van der Waals surface area contributed by atoms with Crippen LogP contribution in [0.5, 0.6) is 0 Å². The first-order valence-corrected chi connectivity index (χ1v) is 9.09. The minimum absolute atomic E-state index is 0.112. The van der Waals surface area contributed by atoms with Crippen molar-refractivity contribution in [2.75, 3.05) is 24.9 Å². The quantitative estimate of drug-likeness (QED) is 0.571. The predicted octanol–water partition coefficient (Wildman–Crippen LogP) is 2.71. The predicted molar refractivity (Wildman–Crippen MR) is 93.5 cm³/mol. The van der Waals surface area contributed by atoms with Crippen LogP contribution in [0, 0.1) is 5.92 Å². The molecule has 0 N–H and O–H groups in total. The van der Waals surface area contributed by atoms with Gasteiger partial charge in [-0.15, -0.1) is 0 Å². The van der Waals surface area contributed by atoms with E-state index in [0.29, 0.717) is 23.7 Å². The maximum Gasteiger partial charge on any atom is 0.346 e. The number of fused-ring (bicyclic) bond motifs is 1. The summed E-state index contributed by atoms with van der Waals surface area (Å²) in [6.45, 7) is 4.14. The van der Waals surface area contributed by atoms with Crippen molar-refractivity contribution in [2.45, 2.75) is 38.5 Å². The highest BCUT2D eigenvalue weighted by atomic mass is 35.5. The smallest absolute Gasteiger partial charge is 0.346 e. The van der Waals surface area contributed by atoms with E-state index in [1.165, 1.54) is 5.06 Å². The van der Waals surface area contributed by atoms with E-state index >= 15 is 0 Å². The molecule has 7 nitrogen and oxygen atoms in total. The molecule has 2 saturated heterocycles. The molecule has 1 aromatic carbocycles. The van der Waals surface area contributed by atoms with Gasteiger partial charge in [-0.2, -0.15) is 0 Å². The molecule has 3 rings (SSSR count). The summed E-state index contributed by atoms with van der Waals surface area (Å²) in [5.74, 6) is -1.52. The van der Waals surface area contributed by atoms with Crippen LogP contribution < -0.4 is 5.06 Å². The van der Waals surface area contributed by atoms with Crippen LogP contribution in [-0.4, -0.2) is 43.6 Å². The molecular weight excluding hydrogens is 362 g/mol. The summed E-state index contributed by atoms with van der Waals surface area (Å²) in [4.78, 5) is 31.9. The van der Waals surface area contributed by atoms with Crippen LogP contribution in [0.1, 0.15) is 26.7 Å². The minimum atomic E-state index is -1.74. The molecule has 142 valence electrons. The SMILES string of the molecule is CCOC(=O)C1(C(=O)OCC)CC2CCOC2ON1c1cccc(Cl)c1. The van der Waals surface area contributed by atoms with Gasteiger partial charge in [-0.3, -0.25) is 0 Å². The molecule has 2 atom stereocenters. The Morgan fingerprint density at radius 2 is 1.96 bits per heavy atom. The van der Waals surface area contributed by atoms with Gasteiger partial charge in [0.15, 0.2) is 6.29 Å². The fourth-order valence-electron chi connectivity index (χ4n) is 3.38. The summed E-state index contributed by atoms with van der Waals surface area (Å²) in [6, 6.07) is 6.72. The summed E-state index contributed by atoms with van der Waals surface area (Å²) < 4.78 is 16.1.